The van der Waals surface area contributed by atoms with Gasteiger partial charge in [-0.15, -0.1) is 0 Å². The van der Waals surface area contributed by atoms with Crippen LogP contribution >= 0.6 is 27.7 Å². The van der Waals surface area contributed by atoms with E-state index in [-0.39, 0.29) is 6.04 Å². The van der Waals surface area contributed by atoms with E-state index in [0.29, 0.717) is 10.6 Å². The van der Waals surface area contributed by atoms with Crippen LogP contribution in [0.4, 0.5) is 30.2 Å². The third kappa shape index (κ3) is 5.67. The van der Waals surface area contributed by atoms with Gasteiger partial charge in [0.15, 0.2) is 0 Å². The number of benzene rings is 2. The first-order chi connectivity index (χ1) is 16.3. The van der Waals surface area contributed by atoms with Gasteiger partial charge < -0.3 is 20.9 Å². The molecule has 10 heteroatoms. The van der Waals surface area contributed by atoms with Gasteiger partial charge in [-0.25, -0.2) is 0 Å². The number of likely N-dealkylation sites (tertiary alicyclic amines) is 1. The van der Waals surface area contributed by atoms with Gasteiger partial charge in [-0.1, -0.05) is 27.7 Å². The molecule has 2 saturated heterocycles. The molecule has 0 radical (unpaired) electrons. The van der Waals surface area contributed by atoms with Gasteiger partial charge in [0.1, 0.15) is 0 Å². The Kier molecular flexibility index (Phi) is 7.32. The van der Waals surface area contributed by atoms with E-state index < -0.39 is 11.7 Å². The van der Waals surface area contributed by atoms with Crippen LogP contribution < -0.4 is 16.0 Å². The fraction of sp³-hybridized carbons (Fsp3) is 0.500. The lowest BCUT2D eigenvalue weighted by Gasteiger charge is -2.36. The molecule has 0 spiro atoms. The molecule has 184 valence electrons. The van der Waals surface area contributed by atoms with Crippen LogP contribution in [0.5, 0.6) is 0 Å². The van der Waals surface area contributed by atoms with Gasteiger partial charge >= 0.3 is 6.18 Å². The minimum Gasteiger partial charge on any atom is -0.380 e. The fourth-order valence-electron chi connectivity index (χ4n) is 4.78. The van der Waals surface area contributed by atoms with E-state index in [1.54, 1.807) is 0 Å². The number of nitrogens with one attached hydrogen (secondary N) is 3. The van der Waals surface area contributed by atoms with Crippen LogP contribution in [-0.2, 0) is 6.18 Å². The Morgan fingerprint density at radius 2 is 1.68 bits per heavy atom. The Morgan fingerprint density at radius 3 is 2.38 bits per heavy atom. The summed E-state index contributed by atoms with van der Waals surface area (Å²) in [6.45, 7) is 8.37. The van der Waals surface area contributed by atoms with Crippen LogP contribution in [0.1, 0.15) is 18.4 Å². The van der Waals surface area contributed by atoms with Crippen molar-refractivity contribution in [1.29, 1.82) is 0 Å². The van der Waals surface area contributed by atoms with Crippen LogP contribution in [0.25, 0.3) is 0 Å². The third-order valence-electron chi connectivity index (χ3n) is 6.74. The highest BCUT2D eigenvalue weighted by Gasteiger charge is 2.34. The number of rotatable bonds is 5. The van der Waals surface area contributed by atoms with Crippen LogP contribution in [0.2, 0.25) is 0 Å². The Labute approximate surface area is 211 Å². The molecule has 0 amide bonds. The maximum atomic E-state index is 13.7. The smallest absolute Gasteiger partial charge is 0.380 e. The van der Waals surface area contributed by atoms with Crippen molar-refractivity contribution in [3.8, 4) is 0 Å². The van der Waals surface area contributed by atoms with Crippen molar-refractivity contribution in [3.05, 3.63) is 40.4 Å². The Morgan fingerprint density at radius 1 is 0.971 bits per heavy atom. The molecule has 0 atom stereocenters. The van der Waals surface area contributed by atoms with Crippen molar-refractivity contribution in [2.75, 3.05) is 63.0 Å². The predicted octanol–water partition coefficient (Wildman–Crippen LogP) is 5.46. The second kappa shape index (κ2) is 10.3. The molecule has 34 heavy (non-hydrogen) atoms. The summed E-state index contributed by atoms with van der Waals surface area (Å²) in [5.41, 5.74) is 1.56. The van der Waals surface area contributed by atoms with Crippen LogP contribution in [-0.4, -0.2) is 68.2 Å². The summed E-state index contributed by atoms with van der Waals surface area (Å²) in [5, 5.41) is 10.2. The third-order valence-corrected chi connectivity index (χ3v) is 8.33. The predicted molar refractivity (Wildman–Crippen MR) is 135 cm³/mol. The summed E-state index contributed by atoms with van der Waals surface area (Å²) in [6.07, 6.45) is -2.55. The molecule has 0 saturated carbocycles. The number of hydrogen-bond acceptors (Lipinski definition) is 6. The highest BCUT2D eigenvalue weighted by Crippen LogP contribution is 2.50. The zero-order valence-electron chi connectivity index (χ0n) is 18.8. The molecule has 3 N–H and O–H groups in total. The summed E-state index contributed by atoms with van der Waals surface area (Å²) in [5.74, 6) is 0. The number of piperidine rings is 1. The molecule has 2 aromatic rings. The maximum absolute atomic E-state index is 13.7. The van der Waals surface area contributed by atoms with E-state index in [1.807, 2.05) is 18.2 Å². The number of piperazine rings is 1. The molecular formula is C24H29BrF3N5S. The maximum Gasteiger partial charge on any atom is 0.416 e. The molecule has 0 bridgehead atoms. The summed E-state index contributed by atoms with van der Waals surface area (Å²) in [4.78, 5) is 6.47. The summed E-state index contributed by atoms with van der Waals surface area (Å²) < 4.78 is 42.0. The minimum atomic E-state index is -4.39. The first-order valence-corrected chi connectivity index (χ1v) is 13.4. The molecule has 3 aliphatic heterocycles. The normalized spacial score (nSPS) is 19.9. The van der Waals surface area contributed by atoms with Crippen molar-refractivity contribution in [2.24, 2.45) is 0 Å². The van der Waals surface area contributed by atoms with Gasteiger partial charge in [-0.05, 0) is 43.2 Å². The lowest BCUT2D eigenvalue weighted by molar-refractivity contribution is -0.137. The second-order valence-electron chi connectivity index (χ2n) is 9.11. The summed E-state index contributed by atoms with van der Waals surface area (Å²) >= 11 is 4.83. The van der Waals surface area contributed by atoms with Crippen molar-refractivity contribution in [1.82, 2.24) is 15.1 Å². The molecule has 0 unspecified atom stereocenters. The lowest BCUT2D eigenvalue weighted by Crippen LogP contribution is -2.48. The van der Waals surface area contributed by atoms with E-state index in [9.17, 15) is 13.2 Å². The Balaban J connectivity index is 1.27. The van der Waals surface area contributed by atoms with Gasteiger partial charge in [0.25, 0.3) is 0 Å². The van der Waals surface area contributed by atoms with E-state index in [4.69, 9.17) is 0 Å². The Bertz CT molecular complexity index is 1020. The number of hydrogen-bond donors (Lipinski definition) is 3. The number of alkyl halides is 3. The van der Waals surface area contributed by atoms with Crippen LogP contribution in [0.15, 0.2) is 44.6 Å². The largest absolute Gasteiger partial charge is 0.416 e. The first kappa shape index (κ1) is 24.2. The second-order valence-corrected chi connectivity index (χ2v) is 11.1. The van der Waals surface area contributed by atoms with Gasteiger partial charge in [0.2, 0.25) is 0 Å². The minimum absolute atomic E-state index is 0.154. The lowest BCUT2D eigenvalue weighted by atomic mass is 10.0. The van der Waals surface area contributed by atoms with E-state index in [0.717, 1.165) is 85.9 Å². The van der Waals surface area contributed by atoms with E-state index in [2.05, 4.69) is 41.7 Å². The number of nitrogens with zero attached hydrogens (tertiary/aromatic N) is 2. The average molecular weight is 556 g/mol. The van der Waals surface area contributed by atoms with Crippen LogP contribution in [0, 0.1) is 0 Å². The zero-order valence-corrected chi connectivity index (χ0v) is 21.3. The van der Waals surface area contributed by atoms with Gasteiger partial charge in [-0.2, -0.15) is 13.2 Å². The highest BCUT2D eigenvalue weighted by molar-refractivity contribution is 9.10. The first-order valence-electron chi connectivity index (χ1n) is 11.8. The quantitative estimate of drug-likeness (QED) is 0.388. The topological polar surface area (TPSA) is 42.6 Å². The van der Waals surface area contributed by atoms with Crippen LogP contribution in [0.3, 0.4) is 0 Å². The number of anilines is 3. The van der Waals surface area contributed by atoms with E-state index >= 15 is 0 Å². The van der Waals surface area contributed by atoms with Crippen molar-refractivity contribution in [2.45, 2.75) is 34.9 Å². The molecular weight excluding hydrogens is 527 g/mol. The van der Waals surface area contributed by atoms with Gasteiger partial charge in [-0.3, -0.25) is 4.90 Å². The fourth-order valence-corrected chi connectivity index (χ4v) is 6.39. The van der Waals surface area contributed by atoms with Crippen molar-refractivity contribution < 1.29 is 13.2 Å². The average Bonchev–Trinajstić information content (AvgIpc) is 2.82. The molecule has 2 aromatic carbocycles. The molecule has 5 rings (SSSR count). The monoisotopic (exact) mass is 555 g/mol. The summed E-state index contributed by atoms with van der Waals surface area (Å²) in [7, 11) is 0. The van der Waals surface area contributed by atoms with Crippen molar-refractivity contribution in [3.63, 3.8) is 0 Å². The molecule has 3 heterocycles. The van der Waals surface area contributed by atoms with E-state index in [1.165, 1.54) is 23.9 Å². The standard InChI is InChI=1S/C24H29BrF3N5S/c25-17-1-2-19-21(15-17)34-22-14-16(24(26,27)28)13-20(23(22)31-19)30-18-3-7-32(8-4-18)11-12-33-9-5-29-6-10-33/h1-2,13-15,18,29-31H,3-12H2. The van der Waals surface area contributed by atoms with Crippen molar-refractivity contribution >= 4 is 44.8 Å². The number of halogens is 4. The zero-order chi connectivity index (χ0) is 23.7. The number of fused-ring (bicyclic) bond motifs is 2. The highest BCUT2D eigenvalue weighted by atomic mass is 79.9. The molecule has 2 fully saturated rings. The Hall–Kier alpha value is -1.46. The summed E-state index contributed by atoms with van der Waals surface area (Å²) in [6, 6.07) is 8.48. The SMILES string of the molecule is FC(F)(F)c1cc(NC2CCN(CCN3CCNCC3)CC2)c2c(c1)Sc1cc(Br)ccc1N2. The molecule has 5 nitrogen and oxygen atoms in total. The van der Waals surface area contributed by atoms with Gasteiger partial charge in [0, 0.05) is 72.7 Å². The van der Waals surface area contributed by atoms with Gasteiger partial charge in [0.05, 0.1) is 22.6 Å². The molecule has 0 aliphatic carbocycles. The molecule has 3 aliphatic rings. The molecule has 0 aromatic heterocycles.